The largest absolute Gasteiger partial charge is 0.389 e. The monoisotopic (exact) mass is 409 g/mol. The molecule has 0 saturated carbocycles. The maximum atomic E-state index is 9.73. The normalized spacial score (nSPS) is 13.9. The van der Waals surface area contributed by atoms with Crippen LogP contribution in [0.5, 0.6) is 0 Å². The average Bonchev–Trinajstić information content (AvgIpc) is 2.52. The van der Waals surface area contributed by atoms with Crippen LogP contribution in [-0.2, 0) is 9.47 Å². The minimum absolute atomic E-state index is 0.343. The van der Waals surface area contributed by atoms with Crippen LogP contribution < -0.4 is 0 Å². The van der Waals surface area contributed by atoms with Crippen LogP contribution in [0.2, 0.25) is 19.6 Å². The summed E-state index contributed by atoms with van der Waals surface area (Å²) >= 11 is 0. The third kappa shape index (κ3) is 28.0. The second-order valence-electron chi connectivity index (χ2n) is 8.80. The summed E-state index contributed by atoms with van der Waals surface area (Å²) in [5.41, 5.74) is 0. The molecule has 166 valence electrons. The van der Waals surface area contributed by atoms with E-state index in [4.69, 9.17) is 9.47 Å². The van der Waals surface area contributed by atoms with Gasteiger partial charge in [-0.1, -0.05) is 33.5 Å². The minimum Gasteiger partial charge on any atom is -0.389 e. The summed E-state index contributed by atoms with van der Waals surface area (Å²) in [6, 6.07) is 0. The summed E-state index contributed by atoms with van der Waals surface area (Å²) in [5.74, 6) is 0. The first-order valence-corrected chi connectivity index (χ1v) is 13.5. The van der Waals surface area contributed by atoms with Crippen LogP contribution in [0.25, 0.3) is 0 Å². The SMILES string of the molecule is C=C.CCN(CC)CC(O)COC[Si](C)(C)C.COCC(O)C[N+](C)(C)C. The fraction of sp³-hybridized carbons (Fsp3) is 0.900. The number of hydrogen-bond acceptors (Lipinski definition) is 5. The number of likely N-dealkylation sites (N-methyl/N-ethyl adjacent to an activating group) is 2. The van der Waals surface area contributed by atoms with Crippen LogP contribution in [0.4, 0.5) is 0 Å². The van der Waals surface area contributed by atoms with Gasteiger partial charge in [0.2, 0.25) is 0 Å². The van der Waals surface area contributed by atoms with E-state index in [0.717, 1.165) is 36.9 Å². The quantitative estimate of drug-likeness (QED) is 0.294. The van der Waals surface area contributed by atoms with Gasteiger partial charge in [0.1, 0.15) is 12.6 Å². The molecule has 0 amide bonds. The molecule has 0 aliphatic heterocycles. The van der Waals surface area contributed by atoms with Crippen molar-refractivity contribution in [2.75, 3.05) is 73.9 Å². The average molecular weight is 410 g/mol. The molecule has 0 aliphatic carbocycles. The van der Waals surface area contributed by atoms with Crippen LogP contribution in [0, 0.1) is 0 Å². The van der Waals surface area contributed by atoms with Gasteiger partial charge in [-0.3, -0.25) is 0 Å². The van der Waals surface area contributed by atoms with E-state index in [1.807, 2.05) is 21.1 Å². The van der Waals surface area contributed by atoms with Gasteiger partial charge in [0.25, 0.3) is 0 Å². The smallest absolute Gasteiger partial charge is 0.126 e. The van der Waals surface area contributed by atoms with Crippen LogP contribution in [-0.4, -0.2) is 114 Å². The Morgan fingerprint density at radius 3 is 1.78 bits per heavy atom. The molecule has 0 saturated heterocycles. The summed E-state index contributed by atoms with van der Waals surface area (Å²) in [4.78, 5) is 2.21. The molecule has 2 unspecified atom stereocenters. The molecule has 27 heavy (non-hydrogen) atoms. The second kappa shape index (κ2) is 17.8. The van der Waals surface area contributed by atoms with Crippen LogP contribution in [0.1, 0.15) is 13.8 Å². The highest BCUT2D eigenvalue weighted by molar-refractivity contribution is 6.76. The van der Waals surface area contributed by atoms with E-state index >= 15 is 0 Å². The van der Waals surface area contributed by atoms with E-state index in [1.54, 1.807) is 7.11 Å². The van der Waals surface area contributed by atoms with Gasteiger partial charge in [0.15, 0.2) is 0 Å². The minimum atomic E-state index is -1.13. The summed E-state index contributed by atoms with van der Waals surface area (Å²) in [7, 11) is 6.59. The Morgan fingerprint density at radius 2 is 1.44 bits per heavy atom. The van der Waals surface area contributed by atoms with Gasteiger partial charge in [0, 0.05) is 19.9 Å². The molecule has 0 bridgehead atoms. The Labute approximate surface area is 170 Å². The molecule has 7 heteroatoms. The summed E-state index contributed by atoms with van der Waals surface area (Å²) < 4.78 is 11.1. The van der Waals surface area contributed by atoms with Crippen molar-refractivity contribution in [2.24, 2.45) is 0 Å². The van der Waals surface area contributed by atoms with E-state index in [1.165, 1.54) is 0 Å². The van der Waals surface area contributed by atoms with E-state index < -0.39 is 8.07 Å². The topological polar surface area (TPSA) is 62.2 Å². The Morgan fingerprint density at radius 1 is 0.963 bits per heavy atom. The zero-order valence-corrected chi connectivity index (χ0v) is 20.6. The van der Waals surface area contributed by atoms with E-state index in [9.17, 15) is 10.2 Å². The highest BCUT2D eigenvalue weighted by Gasteiger charge is 2.15. The van der Waals surface area contributed by atoms with Gasteiger partial charge in [-0.15, -0.1) is 13.2 Å². The molecule has 0 aromatic carbocycles. The first-order valence-electron chi connectivity index (χ1n) is 9.80. The maximum absolute atomic E-state index is 9.73. The van der Waals surface area contributed by atoms with E-state index in [-0.39, 0.29) is 12.2 Å². The van der Waals surface area contributed by atoms with Crippen molar-refractivity contribution in [3.63, 3.8) is 0 Å². The number of ether oxygens (including phenoxy) is 2. The molecule has 0 aliphatic rings. The summed E-state index contributed by atoms with van der Waals surface area (Å²) in [5, 5.41) is 19.0. The Kier molecular flexibility index (Phi) is 20.7. The van der Waals surface area contributed by atoms with Crippen molar-refractivity contribution < 1.29 is 24.2 Å². The van der Waals surface area contributed by atoms with Gasteiger partial charge < -0.3 is 29.1 Å². The lowest BCUT2D eigenvalue weighted by molar-refractivity contribution is -0.873. The third-order valence-electron chi connectivity index (χ3n) is 3.33. The number of aliphatic hydroxyl groups is 2. The molecule has 0 aromatic heterocycles. The molecule has 0 radical (unpaired) electrons. The molecular formula is C20H49N2O4Si+. The molecule has 6 nitrogen and oxygen atoms in total. The number of nitrogens with zero attached hydrogens (tertiary/aromatic N) is 2. The molecule has 0 fully saturated rings. The molecular weight excluding hydrogens is 360 g/mol. The number of methoxy groups -OCH3 is 1. The van der Waals surface area contributed by atoms with Crippen molar-refractivity contribution in [1.82, 2.24) is 4.90 Å². The molecule has 2 N–H and O–H groups in total. The molecule has 0 heterocycles. The van der Waals surface area contributed by atoms with Crippen molar-refractivity contribution in [3.05, 3.63) is 13.2 Å². The highest BCUT2D eigenvalue weighted by atomic mass is 28.3. The van der Waals surface area contributed by atoms with Crippen LogP contribution in [0.3, 0.4) is 0 Å². The second-order valence-corrected chi connectivity index (χ2v) is 14.2. The Bertz CT molecular complexity index is 316. The fourth-order valence-electron chi connectivity index (χ4n) is 2.21. The predicted octanol–water partition coefficient (Wildman–Crippen LogP) is 2.09. The van der Waals surface area contributed by atoms with E-state index in [2.05, 4.69) is 51.5 Å². The highest BCUT2D eigenvalue weighted by Crippen LogP contribution is 2.01. The number of hydrogen-bond donors (Lipinski definition) is 2. The fourth-order valence-corrected chi connectivity index (χ4v) is 2.94. The van der Waals surface area contributed by atoms with Gasteiger partial charge in [0.05, 0.1) is 48.5 Å². The summed E-state index contributed by atoms with van der Waals surface area (Å²) in [6.45, 7) is 21.3. The van der Waals surface area contributed by atoms with E-state index in [0.29, 0.717) is 13.2 Å². The van der Waals surface area contributed by atoms with Crippen molar-refractivity contribution in [2.45, 2.75) is 45.7 Å². The van der Waals surface area contributed by atoms with Crippen molar-refractivity contribution in [3.8, 4) is 0 Å². The maximum Gasteiger partial charge on any atom is 0.126 e. The third-order valence-corrected chi connectivity index (χ3v) is 4.40. The number of quaternary nitrogens is 1. The molecule has 2 atom stereocenters. The molecule has 0 aromatic rings. The summed E-state index contributed by atoms with van der Waals surface area (Å²) in [6.07, 6.45) is 0.147. The first kappa shape index (κ1) is 31.4. The van der Waals surface area contributed by atoms with Crippen molar-refractivity contribution >= 4 is 8.07 Å². The zero-order chi connectivity index (χ0) is 22.1. The van der Waals surface area contributed by atoms with Gasteiger partial charge >= 0.3 is 0 Å². The lowest BCUT2D eigenvalue weighted by Crippen LogP contribution is -2.42. The first-order chi connectivity index (χ1) is 12.3. The lowest BCUT2D eigenvalue weighted by Gasteiger charge is -2.26. The van der Waals surface area contributed by atoms with Gasteiger partial charge in [-0.05, 0) is 13.1 Å². The molecule has 0 rings (SSSR count). The Balaban J connectivity index is -0.000000417. The van der Waals surface area contributed by atoms with Crippen LogP contribution >= 0.6 is 0 Å². The number of aliphatic hydroxyl groups excluding tert-OH is 2. The van der Waals surface area contributed by atoms with Crippen LogP contribution in [0.15, 0.2) is 13.2 Å². The zero-order valence-electron chi connectivity index (χ0n) is 19.6. The lowest BCUT2D eigenvalue weighted by atomic mass is 10.3. The predicted molar refractivity (Wildman–Crippen MR) is 120 cm³/mol. The molecule has 0 spiro atoms. The van der Waals surface area contributed by atoms with Crippen molar-refractivity contribution in [1.29, 1.82) is 0 Å². The van der Waals surface area contributed by atoms with Gasteiger partial charge in [-0.25, -0.2) is 0 Å². The number of rotatable bonds is 12. The standard InChI is InChI=1S/C11H27NO2Si.C7H18NO2.C2H4/c1-6-12(7-2)8-11(13)9-14-10-15(3,4)5;1-8(2,3)5-7(9)6-10-4;1-2/h11,13H,6-10H2,1-5H3;7,9H,5-6H2,1-4H3;1-2H2/q;+1;. The van der Waals surface area contributed by atoms with Gasteiger partial charge in [-0.2, -0.15) is 0 Å². The Hall–Kier alpha value is -0.283.